The number of ketones is 1. The van der Waals surface area contributed by atoms with Gasteiger partial charge in [-0.15, -0.1) is 0 Å². The molecule has 1 aliphatic carbocycles. The summed E-state index contributed by atoms with van der Waals surface area (Å²) in [6.07, 6.45) is 2.16. The topological polar surface area (TPSA) is 39.2 Å². The maximum Gasteiger partial charge on any atom is 0.339 e. The molecule has 6 heteroatoms. The van der Waals surface area contributed by atoms with Crippen molar-refractivity contribution in [1.82, 2.24) is 4.98 Å². The molecule has 3 rings (SSSR count). The summed E-state index contributed by atoms with van der Waals surface area (Å²) >= 11 is 0. The Morgan fingerprint density at radius 3 is 2.74 bits per heavy atom. The zero-order chi connectivity index (χ0) is 13.6. The van der Waals surface area contributed by atoms with Crippen LogP contribution >= 0.6 is 0 Å². The molecule has 1 aromatic carbocycles. The monoisotopic (exact) mass is 265 g/mol. The van der Waals surface area contributed by atoms with Crippen molar-refractivity contribution in [2.75, 3.05) is 0 Å². The molecule has 0 unspecified atom stereocenters. The molecule has 0 amide bonds. The molecule has 0 radical (unpaired) electrons. The third-order valence-electron chi connectivity index (χ3n) is 2.78. The molecule has 2 aromatic rings. The molecule has 0 aliphatic heterocycles. The van der Waals surface area contributed by atoms with Crippen LogP contribution in [0.1, 0.15) is 15.9 Å². The maximum absolute atomic E-state index is 13.4. The molecule has 0 saturated carbocycles. The lowest BCUT2D eigenvalue weighted by Gasteiger charge is -2.29. The number of rotatable bonds is 2. The number of alkyl halides is 2. The highest BCUT2D eigenvalue weighted by atomic mass is 19.3. The van der Waals surface area contributed by atoms with Gasteiger partial charge >= 0.3 is 5.92 Å². The van der Waals surface area contributed by atoms with Crippen LogP contribution in [0.2, 0.25) is 0 Å². The van der Waals surface area contributed by atoms with E-state index in [4.69, 9.17) is 4.74 Å². The summed E-state index contributed by atoms with van der Waals surface area (Å²) < 4.78 is 45.0. The van der Waals surface area contributed by atoms with E-state index in [-0.39, 0.29) is 17.1 Å². The van der Waals surface area contributed by atoms with Crippen LogP contribution in [-0.2, 0) is 5.92 Å². The van der Waals surface area contributed by atoms with Gasteiger partial charge in [0.05, 0.1) is 18.0 Å². The summed E-state index contributed by atoms with van der Waals surface area (Å²) in [5.41, 5.74) is -0.545. The highest BCUT2D eigenvalue weighted by Gasteiger charge is 2.55. The van der Waals surface area contributed by atoms with Crippen molar-refractivity contribution in [1.29, 1.82) is 0 Å². The first-order chi connectivity index (χ1) is 9.00. The number of nitrogens with zero attached hydrogens (tertiary/aromatic N) is 1. The molecule has 0 fully saturated rings. The molecule has 96 valence electrons. The average Bonchev–Trinajstić information content (AvgIpc) is 2.38. The Hall–Kier alpha value is -2.37. The van der Waals surface area contributed by atoms with E-state index in [1.807, 2.05) is 0 Å². The molecule has 0 bridgehead atoms. The van der Waals surface area contributed by atoms with Crippen LogP contribution in [0.3, 0.4) is 0 Å². The number of carbonyl (C=O) groups is 1. The van der Waals surface area contributed by atoms with Crippen molar-refractivity contribution in [2.45, 2.75) is 5.92 Å². The number of benzene rings is 1. The van der Waals surface area contributed by atoms with Gasteiger partial charge in [-0.3, -0.25) is 9.78 Å². The van der Waals surface area contributed by atoms with Crippen molar-refractivity contribution >= 4 is 5.78 Å². The molecule has 0 saturated heterocycles. The molecule has 1 aromatic heterocycles. The van der Waals surface area contributed by atoms with E-state index in [1.165, 1.54) is 24.4 Å². The second kappa shape index (κ2) is 3.81. The Morgan fingerprint density at radius 2 is 2.00 bits per heavy atom. The number of carbonyl (C=O) groups excluding carboxylic acids is 1. The second-order valence-corrected chi connectivity index (χ2v) is 4.02. The van der Waals surface area contributed by atoms with E-state index >= 15 is 0 Å². The molecule has 0 spiro atoms. The fraction of sp³-hybridized carbons (Fsp3) is 0.0769. The lowest BCUT2D eigenvalue weighted by molar-refractivity contribution is -0.00782. The van der Waals surface area contributed by atoms with Crippen LogP contribution in [0.25, 0.3) is 0 Å². The van der Waals surface area contributed by atoms with E-state index in [0.29, 0.717) is 0 Å². The minimum Gasteiger partial charge on any atom is -0.455 e. The Kier molecular flexibility index (Phi) is 2.35. The molecular formula is C13H6F3NO2. The van der Waals surface area contributed by atoms with Crippen molar-refractivity contribution in [2.24, 2.45) is 0 Å². The number of hydrogen-bond acceptors (Lipinski definition) is 3. The highest BCUT2D eigenvalue weighted by Crippen LogP contribution is 2.49. The molecule has 3 nitrogen and oxygen atoms in total. The summed E-state index contributed by atoms with van der Waals surface area (Å²) in [7, 11) is 0. The number of aromatic nitrogens is 1. The molecule has 0 atom stereocenters. The Balaban J connectivity index is 2.02. The van der Waals surface area contributed by atoms with Crippen LogP contribution in [0.15, 0.2) is 36.7 Å². The van der Waals surface area contributed by atoms with Gasteiger partial charge < -0.3 is 4.74 Å². The van der Waals surface area contributed by atoms with Gasteiger partial charge in [0.2, 0.25) is 5.78 Å². The first kappa shape index (κ1) is 11.7. The zero-order valence-electron chi connectivity index (χ0n) is 9.36. The van der Waals surface area contributed by atoms with Crippen LogP contribution < -0.4 is 4.74 Å². The Morgan fingerprint density at radius 1 is 1.21 bits per heavy atom. The van der Waals surface area contributed by atoms with E-state index in [0.717, 1.165) is 12.3 Å². The molecule has 1 aliphatic rings. The lowest BCUT2D eigenvalue weighted by atomic mass is 9.82. The highest BCUT2D eigenvalue weighted by molar-refractivity contribution is 6.12. The number of pyridine rings is 1. The SMILES string of the molecule is O=C1c2cccc(Oc3cncc(F)c3)c2C1(F)F. The van der Waals surface area contributed by atoms with Crippen molar-refractivity contribution in [3.8, 4) is 11.5 Å². The van der Waals surface area contributed by atoms with Gasteiger partial charge in [0.15, 0.2) is 0 Å². The minimum atomic E-state index is -3.55. The third kappa shape index (κ3) is 1.68. The van der Waals surface area contributed by atoms with Gasteiger partial charge in [-0.25, -0.2) is 4.39 Å². The van der Waals surface area contributed by atoms with Crippen LogP contribution in [0.4, 0.5) is 13.2 Å². The number of ether oxygens (including phenoxy) is 1. The molecule has 19 heavy (non-hydrogen) atoms. The van der Waals surface area contributed by atoms with Gasteiger partial charge in [-0.1, -0.05) is 12.1 Å². The van der Waals surface area contributed by atoms with Crippen molar-refractivity contribution in [3.05, 3.63) is 53.6 Å². The minimum absolute atomic E-state index is 0.0106. The summed E-state index contributed by atoms with van der Waals surface area (Å²) in [5, 5.41) is 0. The van der Waals surface area contributed by atoms with E-state index < -0.39 is 23.1 Å². The number of halogens is 3. The summed E-state index contributed by atoms with van der Waals surface area (Å²) in [4.78, 5) is 14.7. The average molecular weight is 265 g/mol. The quantitative estimate of drug-likeness (QED) is 0.836. The predicted molar refractivity (Wildman–Crippen MR) is 58.9 cm³/mol. The van der Waals surface area contributed by atoms with Gasteiger partial charge in [0, 0.05) is 11.6 Å². The van der Waals surface area contributed by atoms with Gasteiger partial charge in [0.25, 0.3) is 0 Å². The fourth-order valence-corrected chi connectivity index (χ4v) is 1.92. The van der Waals surface area contributed by atoms with Crippen molar-refractivity contribution in [3.63, 3.8) is 0 Å². The summed E-state index contributed by atoms with van der Waals surface area (Å²) in [6.45, 7) is 0. The van der Waals surface area contributed by atoms with Crippen LogP contribution in [-0.4, -0.2) is 10.8 Å². The van der Waals surface area contributed by atoms with Crippen molar-refractivity contribution < 1.29 is 22.7 Å². The molecule has 0 N–H and O–H groups in total. The first-order valence-corrected chi connectivity index (χ1v) is 5.34. The summed E-state index contributed by atoms with van der Waals surface area (Å²) in [5.74, 6) is -5.61. The Labute approximate surface area is 105 Å². The third-order valence-corrected chi connectivity index (χ3v) is 2.78. The number of Topliss-reactive ketones (excluding diaryl/α,β-unsaturated/α-hetero) is 1. The van der Waals surface area contributed by atoms with Gasteiger partial charge in [-0.05, 0) is 6.07 Å². The number of hydrogen-bond donors (Lipinski definition) is 0. The zero-order valence-corrected chi connectivity index (χ0v) is 9.36. The standard InChI is InChI=1S/C13H6F3NO2/c14-7-4-8(6-17-5-7)19-10-3-1-2-9-11(10)13(15,16)12(9)18/h1-6H. The predicted octanol–water partition coefficient (Wildman–Crippen LogP) is 3.30. The smallest absolute Gasteiger partial charge is 0.339 e. The number of fused-ring (bicyclic) bond motifs is 1. The first-order valence-electron chi connectivity index (χ1n) is 5.34. The Bertz CT molecular complexity index is 685. The van der Waals surface area contributed by atoms with E-state index in [9.17, 15) is 18.0 Å². The van der Waals surface area contributed by atoms with Gasteiger partial charge in [0.1, 0.15) is 17.3 Å². The summed E-state index contributed by atoms with van der Waals surface area (Å²) in [6, 6.07) is 5.04. The lowest BCUT2D eigenvalue weighted by Crippen LogP contribution is -2.38. The van der Waals surface area contributed by atoms with E-state index in [1.54, 1.807) is 0 Å². The molecule has 1 heterocycles. The molecular weight excluding hydrogens is 259 g/mol. The fourth-order valence-electron chi connectivity index (χ4n) is 1.92. The second-order valence-electron chi connectivity index (χ2n) is 4.02. The van der Waals surface area contributed by atoms with Crippen LogP contribution in [0, 0.1) is 5.82 Å². The van der Waals surface area contributed by atoms with Crippen LogP contribution in [0.5, 0.6) is 11.5 Å². The van der Waals surface area contributed by atoms with E-state index in [2.05, 4.69) is 4.98 Å². The van der Waals surface area contributed by atoms with Gasteiger partial charge in [-0.2, -0.15) is 8.78 Å². The largest absolute Gasteiger partial charge is 0.455 e. The normalized spacial score (nSPS) is 15.6. The maximum atomic E-state index is 13.4.